The molecule has 0 aliphatic carbocycles. The van der Waals surface area contributed by atoms with Crippen LogP contribution in [0.2, 0.25) is 0 Å². The van der Waals surface area contributed by atoms with E-state index in [1.807, 2.05) is 17.5 Å². The van der Waals surface area contributed by atoms with Gasteiger partial charge in [0.1, 0.15) is 0 Å². The van der Waals surface area contributed by atoms with E-state index in [1.54, 1.807) is 12.1 Å². The first-order valence-electron chi connectivity index (χ1n) is 10.7. The first kappa shape index (κ1) is 22.5. The van der Waals surface area contributed by atoms with E-state index in [0.717, 1.165) is 33.9 Å². The molecule has 6 nitrogen and oxygen atoms in total. The maximum Gasteiger partial charge on any atom is 0.257 e. The number of benzene rings is 2. The van der Waals surface area contributed by atoms with Crippen LogP contribution in [0.25, 0.3) is 16.9 Å². The number of hydrogen-bond donors (Lipinski definition) is 2. The third kappa shape index (κ3) is 5.04. The van der Waals surface area contributed by atoms with Crippen LogP contribution < -0.4 is 10.6 Å². The smallest absolute Gasteiger partial charge is 0.257 e. The fourth-order valence-corrected chi connectivity index (χ4v) is 4.44. The molecule has 0 spiro atoms. The molecule has 0 radical (unpaired) electrons. The van der Waals surface area contributed by atoms with Crippen LogP contribution >= 0.6 is 11.3 Å². The Morgan fingerprint density at radius 1 is 1.00 bits per heavy atom. The standard InChI is InChI=1S/C26H26N4O2S/c1-16-5-11-22(12-6-16)30-17(2)13-23(18(30)3)24-15-33-26(28-24)29-25(32)21-9-7-20(8-10-21)14-27-19(4)31/h5-13,15H,14H2,1-4H3,(H,27,31)(H,28,29,32). The van der Waals surface area contributed by atoms with E-state index in [9.17, 15) is 9.59 Å². The molecular weight excluding hydrogens is 432 g/mol. The summed E-state index contributed by atoms with van der Waals surface area (Å²) in [6.45, 7) is 8.16. The Balaban J connectivity index is 1.49. The van der Waals surface area contributed by atoms with E-state index in [1.165, 1.54) is 23.8 Å². The number of carbonyl (C=O) groups excluding carboxylic acids is 2. The molecule has 0 saturated heterocycles. The SMILES string of the molecule is CC(=O)NCc1ccc(C(=O)Nc2nc(-c3cc(C)n(-c4ccc(C)cc4)c3C)cs2)cc1. The highest BCUT2D eigenvalue weighted by atomic mass is 32.1. The van der Waals surface area contributed by atoms with Crippen LogP contribution in [0.3, 0.4) is 0 Å². The molecular formula is C26H26N4O2S. The highest BCUT2D eigenvalue weighted by molar-refractivity contribution is 7.14. The van der Waals surface area contributed by atoms with Gasteiger partial charge in [-0.1, -0.05) is 29.8 Å². The molecule has 0 saturated carbocycles. The van der Waals surface area contributed by atoms with Crippen LogP contribution in [-0.2, 0) is 11.3 Å². The van der Waals surface area contributed by atoms with E-state index in [2.05, 4.69) is 71.3 Å². The molecule has 0 aliphatic rings. The van der Waals surface area contributed by atoms with Crippen molar-refractivity contribution in [3.05, 3.63) is 88.1 Å². The zero-order valence-electron chi connectivity index (χ0n) is 19.1. The molecule has 168 valence electrons. The molecule has 7 heteroatoms. The van der Waals surface area contributed by atoms with Gasteiger partial charge in [-0.05, 0) is 56.7 Å². The first-order chi connectivity index (χ1) is 15.8. The molecule has 2 heterocycles. The lowest BCUT2D eigenvalue weighted by molar-refractivity contribution is -0.119. The van der Waals surface area contributed by atoms with Crippen molar-refractivity contribution in [2.75, 3.05) is 5.32 Å². The van der Waals surface area contributed by atoms with Crippen LogP contribution in [-0.4, -0.2) is 21.4 Å². The molecule has 0 fully saturated rings. The number of rotatable bonds is 6. The van der Waals surface area contributed by atoms with Crippen molar-refractivity contribution in [3.63, 3.8) is 0 Å². The van der Waals surface area contributed by atoms with Crippen molar-refractivity contribution in [1.29, 1.82) is 0 Å². The lowest BCUT2D eigenvalue weighted by Crippen LogP contribution is -2.19. The number of nitrogens with one attached hydrogen (secondary N) is 2. The number of amides is 2. The van der Waals surface area contributed by atoms with Crippen LogP contribution in [0.15, 0.2) is 60.0 Å². The Kier molecular flexibility index (Phi) is 6.42. The minimum Gasteiger partial charge on any atom is -0.352 e. The maximum atomic E-state index is 12.7. The van der Waals surface area contributed by atoms with Crippen LogP contribution in [0.1, 0.15) is 39.8 Å². The molecule has 0 aliphatic heterocycles. The number of carbonyl (C=O) groups is 2. The van der Waals surface area contributed by atoms with Crippen LogP contribution in [0, 0.1) is 20.8 Å². The summed E-state index contributed by atoms with van der Waals surface area (Å²) in [4.78, 5) is 28.4. The summed E-state index contributed by atoms with van der Waals surface area (Å²) in [6.07, 6.45) is 0. The van der Waals surface area contributed by atoms with Crippen molar-refractivity contribution in [1.82, 2.24) is 14.9 Å². The predicted molar refractivity (Wildman–Crippen MR) is 133 cm³/mol. The van der Waals surface area contributed by atoms with Gasteiger partial charge in [0.2, 0.25) is 5.91 Å². The summed E-state index contributed by atoms with van der Waals surface area (Å²) in [6, 6.07) is 17.7. The predicted octanol–water partition coefficient (Wildman–Crippen LogP) is 5.41. The second-order valence-corrected chi connectivity index (χ2v) is 8.91. The Hall–Kier alpha value is -3.71. The van der Waals surface area contributed by atoms with E-state index >= 15 is 0 Å². The van der Waals surface area contributed by atoms with E-state index in [4.69, 9.17) is 0 Å². The average molecular weight is 459 g/mol. The second kappa shape index (κ2) is 9.42. The van der Waals surface area contributed by atoms with E-state index < -0.39 is 0 Å². The summed E-state index contributed by atoms with van der Waals surface area (Å²) in [5, 5.41) is 8.15. The Labute approximate surface area is 197 Å². The largest absolute Gasteiger partial charge is 0.352 e. The van der Waals surface area contributed by atoms with Gasteiger partial charge in [0.05, 0.1) is 5.69 Å². The number of anilines is 1. The van der Waals surface area contributed by atoms with E-state index in [-0.39, 0.29) is 11.8 Å². The molecule has 33 heavy (non-hydrogen) atoms. The fraction of sp³-hybridized carbons (Fsp3) is 0.192. The molecule has 4 aromatic rings. The molecule has 2 amide bonds. The monoisotopic (exact) mass is 458 g/mol. The molecule has 0 atom stereocenters. The minimum absolute atomic E-state index is 0.0870. The lowest BCUT2D eigenvalue weighted by Gasteiger charge is -2.10. The maximum absolute atomic E-state index is 12.7. The summed E-state index contributed by atoms with van der Waals surface area (Å²) in [7, 11) is 0. The Morgan fingerprint density at radius 2 is 1.70 bits per heavy atom. The number of aryl methyl sites for hydroxylation is 2. The van der Waals surface area contributed by atoms with Gasteiger partial charge in [0.25, 0.3) is 5.91 Å². The van der Waals surface area contributed by atoms with Gasteiger partial charge in [-0.2, -0.15) is 0 Å². The van der Waals surface area contributed by atoms with Gasteiger partial charge in [0.15, 0.2) is 5.13 Å². The molecule has 4 rings (SSSR count). The van der Waals surface area contributed by atoms with Crippen molar-refractivity contribution >= 4 is 28.3 Å². The summed E-state index contributed by atoms with van der Waals surface area (Å²) >= 11 is 1.40. The average Bonchev–Trinajstić information content (AvgIpc) is 3.37. The Morgan fingerprint density at radius 3 is 2.36 bits per heavy atom. The summed E-state index contributed by atoms with van der Waals surface area (Å²) < 4.78 is 2.22. The third-order valence-electron chi connectivity index (χ3n) is 5.48. The van der Waals surface area contributed by atoms with Gasteiger partial charge in [-0.3, -0.25) is 14.9 Å². The third-order valence-corrected chi connectivity index (χ3v) is 6.24. The quantitative estimate of drug-likeness (QED) is 0.405. The topological polar surface area (TPSA) is 76.0 Å². The number of nitrogens with zero attached hydrogens (tertiary/aromatic N) is 2. The number of thiazole rings is 1. The van der Waals surface area contributed by atoms with Gasteiger partial charge in [0, 0.05) is 47.1 Å². The second-order valence-electron chi connectivity index (χ2n) is 8.05. The van der Waals surface area contributed by atoms with E-state index in [0.29, 0.717) is 17.2 Å². The molecule has 2 aromatic carbocycles. The summed E-state index contributed by atoms with van der Waals surface area (Å²) in [5.74, 6) is -0.303. The summed E-state index contributed by atoms with van der Waals surface area (Å²) in [5.41, 5.74) is 7.94. The van der Waals surface area contributed by atoms with Gasteiger partial charge < -0.3 is 9.88 Å². The fourth-order valence-electron chi connectivity index (χ4n) is 3.74. The van der Waals surface area contributed by atoms with Crippen molar-refractivity contribution in [3.8, 4) is 16.9 Å². The number of hydrogen-bond acceptors (Lipinski definition) is 4. The van der Waals surface area contributed by atoms with Gasteiger partial charge >= 0.3 is 0 Å². The van der Waals surface area contributed by atoms with Crippen LogP contribution in [0.5, 0.6) is 0 Å². The Bertz CT molecular complexity index is 1300. The molecule has 0 bridgehead atoms. The van der Waals surface area contributed by atoms with Gasteiger partial charge in [-0.25, -0.2) is 4.98 Å². The molecule has 2 aromatic heterocycles. The van der Waals surface area contributed by atoms with Crippen molar-refractivity contribution in [2.24, 2.45) is 0 Å². The zero-order valence-corrected chi connectivity index (χ0v) is 19.9. The molecule has 0 unspecified atom stereocenters. The normalized spacial score (nSPS) is 10.8. The van der Waals surface area contributed by atoms with Crippen LogP contribution in [0.4, 0.5) is 5.13 Å². The van der Waals surface area contributed by atoms with Gasteiger partial charge in [-0.15, -0.1) is 11.3 Å². The zero-order chi connectivity index (χ0) is 23.5. The van der Waals surface area contributed by atoms with Crippen molar-refractivity contribution in [2.45, 2.75) is 34.2 Å². The minimum atomic E-state index is -0.216. The highest BCUT2D eigenvalue weighted by Crippen LogP contribution is 2.32. The lowest BCUT2D eigenvalue weighted by atomic mass is 10.1. The highest BCUT2D eigenvalue weighted by Gasteiger charge is 2.16. The van der Waals surface area contributed by atoms with Crippen molar-refractivity contribution < 1.29 is 9.59 Å². The number of aromatic nitrogens is 2. The molecule has 2 N–H and O–H groups in total. The first-order valence-corrected chi connectivity index (χ1v) is 11.6.